The SMILES string of the molecule is N#CC1=C(N)Nc2nc(SCc3cccc(F)c3)[nH]c(=O)c2[C@]12C(=O)N(Cc1ccccc1F)c1ccccc12. The molecule has 1 aromatic heterocycles. The summed E-state index contributed by atoms with van der Waals surface area (Å²) >= 11 is 1.17. The minimum absolute atomic E-state index is 0.0258. The molecule has 0 radical (unpaired) electrons. The van der Waals surface area contributed by atoms with E-state index in [2.05, 4.69) is 15.3 Å². The van der Waals surface area contributed by atoms with Crippen LogP contribution in [0.2, 0.25) is 0 Å². The van der Waals surface area contributed by atoms with E-state index in [4.69, 9.17) is 5.73 Å². The standard InChI is InChI=1S/C29H20F2N6O2S/c30-18-8-5-6-16(12-18)15-40-28-35-25-23(26(38)36-28)29(20(13-32)24(33)34-25)19-9-2-4-11-22(19)37(27(29)39)14-17-7-1-3-10-21(17)31/h1-12H,14-15,33H2,(H2,34,35,36,38)/t29-/m1/s1. The maximum atomic E-state index is 14.6. The van der Waals surface area contributed by atoms with Gasteiger partial charge in [0, 0.05) is 22.6 Å². The molecule has 0 fully saturated rings. The van der Waals surface area contributed by atoms with Crippen LogP contribution in [0, 0.1) is 23.0 Å². The summed E-state index contributed by atoms with van der Waals surface area (Å²) in [6.45, 7) is -0.126. The molecular weight excluding hydrogens is 534 g/mol. The van der Waals surface area contributed by atoms with Crippen molar-refractivity contribution in [1.29, 1.82) is 5.26 Å². The number of carbonyl (C=O) groups excluding carboxylic acids is 1. The number of thioether (sulfide) groups is 1. The maximum Gasteiger partial charge on any atom is 0.258 e. The Bertz CT molecular complexity index is 1830. The number of nitrogens with one attached hydrogen (secondary N) is 2. The maximum absolute atomic E-state index is 14.6. The van der Waals surface area contributed by atoms with Crippen molar-refractivity contribution in [3.63, 3.8) is 0 Å². The number of carbonyl (C=O) groups is 1. The Morgan fingerprint density at radius 2 is 1.82 bits per heavy atom. The number of anilines is 2. The molecule has 4 N–H and O–H groups in total. The molecule has 3 aromatic carbocycles. The molecule has 8 nitrogen and oxygen atoms in total. The van der Waals surface area contributed by atoms with Crippen molar-refractivity contribution in [2.45, 2.75) is 22.9 Å². The highest BCUT2D eigenvalue weighted by atomic mass is 32.2. The molecule has 0 aliphatic carbocycles. The van der Waals surface area contributed by atoms with Gasteiger partial charge in [-0.05, 0) is 29.8 Å². The molecule has 0 saturated heterocycles. The molecule has 11 heteroatoms. The third-order valence-corrected chi connectivity index (χ3v) is 7.94. The number of nitriles is 1. The fraction of sp³-hybridized carbons (Fsp3) is 0.103. The summed E-state index contributed by atoms with van der Waals surface area (Å²) in [5.41, 5.74) is 5.27. The second-order valence-corrected chi connectivity index (χ2v) is 10.3. The van der Waals surface area contributed by atoms with Gasteiger partial charge in [0.2, 0.25) is 5.91 Å². The van der Waals surface area contributed by atoms with Crippen LogP contribution >= 0.6 is 11.8 Å². The van der Waals surface area contributed by atoms with E-state index in [0.717, 1.165) is 0 Å². The van der Waals surface area contributed by atoms with Gasteiger partial charge in [0.05, 0.1) is 17.7 Å². The monoisotopic (exact) mass is 554 g/mol. The zero-order valence-electron chi connectivity index (χ0n) is 20.7. The van der Waals surface area contributed by atoms with Crippen molar-refractivity contribution in [1.82, 2.24) is 9.97 Å². The highest BCUT2D eigenvalue weighted by Gasteiger charge is 2.60. The number of fused-ring (bicyclic) bond motifs is 4. The second-order valence-electron chi connectivity index (χ2n) is 9.29. The third kappa shape index (κ3) is 3.84. The van der Waals surface area contributed by atoms with Gasteiger partial charge in [-0.1, -0.05) is 60.3 Å². The van der Waals surface area contributed by atoms with Crippen LogP contribution in [-0.2, 0) is 22.5 Å². The largest absolute Gasteiger partial charge is 0.384 e. The van der Waals surface area contributed by atoms with Crippen molar-refractivity contribution in [2.24, 2.45) is 5.73 Å². The summed E-state index contributed by atoms with van der Waals surface area (Å²) in [6.07, 6.45) is 0. The molecule has 3 heterocycles. The van der Waals surface area contributed by atoms with Gasteiger partial charge in [0.1, 0.15) is 34.8 Å². The number of halogens is 2. The van der Waals surface area contributed by atoms with Crippen LogP contribution in [-0.4, -0.2) is 15.9 Å². The summed E-state index contributed by atoms with van der Waals surface area (Å²) < 4.78 is 28.3. The predicted octanol–water partition coefficient (Wildman–Crippen LogP) is 4.29. The number of rotatable bonds is 5. The number of aromatic nitrogens is 2. The van der Waals surface area contributed by atoms with Crippen LogP contribution in [0.3, 0.4) is 0 Å². The van der Waals surface area contributed by atoms with Crippen LogP contribution in [0.4, 0.5) is 20.3 Å². The number of hydrogen-bond acceptors (Lipinski definition) is 7. The summed E-state index contributed by atoms with van der Waals surface area (Å²) in [6, 6.07) is 20.9. The van der Waals surface area contributed by atoms with E-state index < -0.39 is 22.7 Å². The first-order valence-corrected chi connectivity index (χ1v) is 13.2. The predicted molar refractivity (Wildman–Crippen MR) is 146 cm³/mol. The lowest BCUT2D eigenvalue weighted by Crippen LogP contribution is -2.49. The minimum atomic E-state index is -1.90. The van der Waals surface area contributed by atoms with E-state index in [-0.39, 0.29) is 45.9 Å². The van der Waals surface area contributed by atoms with Crippen LogP contribution in [0.1, 0.15) is 22.3 Å². The normalized spacial score (nSPS) is 17.4. The highest BCUT2D eigenvalue weighted by Crippen LogP contribution is 2.53. The van der Waals surface area contributed by atoms with Crippen LogP contribution < -0.4 is 21.5 Å². The average molecular weight is 555 g/mol. The Morgan fingerprint density at radius 1 is 1.05 bits per heavy atom. The molecule has 0 saturated carbocycles. The molecule has 4 aromatic rings. The number of aromatic amines is 1. The van der Waals surface area contributed by atoms with Gasteiger partial charge in [-0.15, -0.1) is 0 Å². The highest BCUT2D eigenvalue weighted by molar-refractivity contribution is 7.98. The van der Waals surface area contributed by atoms with E-state index in [1.165, 1.54) is 34.9 Å². The number of para-hydroxylation sites is 1. The van der Waals surface area contributed by atoms with Gasteiger partial charge >= 0.3 is 0 Å². The van der Waals surface area contributed by atoms with Gasteiger partial charge in [0.25, 0.3) is 5.56 Å². The Morgan fingerprint density at radius 3 is 2.60 bits per heavy atom. The first kappa shape index (κ1) is 25.3. The van der Waals surface area contributed by atoms with Crippen molar-refractivity contribution in [3.05, 3.63) is 128 Å². The van der Waals surface area contributed by atoms with Crippen LogP contribution in [0.15, 0.2) is 94.1 Å². The minimum Gasteiger partial charge on any atom is -0.384 e. The topological polar surface area (TPSA) is 128 Å². The quantitative estimate of drug-likeness (QED) is 0.248. The molecule has 198 valence electrons. The third-order valence-electron chi connectivity index (χ3n) is 7.00. The number of nitrogens with zero attached hydrogens (tertiary/aromatic N) is 3. The second kappa shape index (κ2) is 9.66. The van der Waals surface area contributed by atoms with E-state index in [1.54, 1.807) is 54.6 Å². The molecule has 0 unspecified atom stereocenters. The molecule has 1 spiro atoms. The lowest BCUT2D eigenvalue weighted by atomic mass is 9.69. The van der Waals surface area contributed by atoms with Gasteiger partial charge in [-0.3, -0.25) is 9.59 Å². The summed E-state index contributed by atoms with van der Waals surface area (Å²) in [7, 11) is 0. The molecule has 1 atom stereocenters. The molecular formula is C29H20F2N6O2S. The summed E-state index contributed by atoms with van der Waals surface area (Å²) in [4.78, 5) is 36.8. The molecule has 40 heavy (non-hydrogen) atoms. The fourth-order valence-corrected chi connectivity index (χ4v) is 6.09. The van der Waals surface area contributed by atoms with Crippen LogP contribution in [0.5, 0.6) is 0 Å². The molecule has 0 bridgehead atoms. The van der Waals surface area contributed by atoms with E-state index in [9.17, 15) is 23.6 Å². The van der Waals surface area contributed by atoms with Crippen LogP contribution in [0.25, 0.3) is 0 Å². The summed E-state index contributed by atoms with van der Waals surface area (Å²) in [5, 5.41) is 13.3. The van der Waals surface area contributed by atoms with Gasteiger partial charge in [-0.25, -0.2) is 13.8 Å². The van der Waals surface area contributed by atoms with Gasteiger partial charge in [-0.2, -0.15) is 5.26 Å². The van der Waals surface area contributed by atoms with Gasteiger partial charge < -0.3 is 20.9 Å². The van der Waals surface area contributed by atoms with E-state index >= 15 is 0 Å². The Balaban J connectivity index is 1.50. The number of amides is 1. The van der Waals surface area contributed by atoms with Gasteiger partial charge in [0.15, 0.2) is 5.16 Å². The number of hydrogen-bond donors (Lipinski definition) is 3. The first-order chi connectivity index (χ1) is 19.3. The number of H-pyrrole nitrogens is 1. The van der Waals surface area contributed by atoms with Crippen molar-refractivity contribution in [3.8, 4) is 6.07 Å². The zero-order chi connectivity index (χ0) is 28.0. The van der Waals surface area contributed by atoms with Crippen molar-refractivity contribution >= 4 is 29.2 Å². The molecule has 2 aliphatic rings. The van der Waals surface area contributed by atoms with E-state index in [0.29, 0.717) is 22.6 Å². The fourth-order valence-electron chi connectivity index (χ4n) is 5.29. The molecule has 6 rings (SSSR count). The van der Waals surface area contributed by atoms with Crippen molar-refractivity contribution in [2.75, 3.05) is 10.2 Å². The Labute approximate surface area is 231 Å². The van der Waals surface area contributed by atoms with Crippen molar-refractivity contribution < 1.29 is 13.6 Å². The lowest BCUT2D eigenvalue weighted by molar-refractivity contribution is -0.120. The lowest BCUT2D eigenvalue weighted by Gasteiger charge is -2.34. The number of benzene rings is 3. The molecule has 1 amide bonds. The number of nitrogens with two attached hydrogens (primary N) is 1. The Hall–Kier alpha value is -4.95. The smallest absolute Gasteiger partial charge is 0.258 e. The average Bonchev–Trinajstić information content (AvgIpc) is 3.16. The zero-order valence-corrected chi connectivity index (χ0v) is 21.6. The summed E-state index contributed by atoms with van der Waals surface area (Å²) in [5.74, 6) is -1.27. The van der Waals surface area contributed by atoms with E-state index in [1.807, 2.05) is 6.07 Å². The Kier molecular flexibility index (Phi) is 6.12. The molecule has 2 aliphatic heterocycles. The first-order valence-electron chi connectivity index (χ1n) is 12.2.